The van der Waals surface area contributed by atoms with Gasteiger partial charge in [0.2, 0.25) is 0 Å². The molecule has 0 unspecified atom stereocenters. The average molecular weight is 355 g/mol. The van der Waals surface area contributed by atoms with Gasteiger partial charge in [-0.15, -0.1) is 0 Å². The summed E-state index contributed by atoms with van der Waals surface area (Å²) in [5.41, 5.74) is 0. The predicted octanol–water partition coefficient (Wildman–Crippen LogP) is 2.12. The summed E-state index contributed by atoms with van der Waals surface area (Å²) in [7, 11) is 0. The van der Waals surface area contributed by atoms with Crippen LogP contribution in [0.25, 0.3) is 0 Å². The average Bonchev–Trinajstić information content (AvgIpc) is 2.55. The first-order valence-electron chi connectivity index (χ1n) is 9.36. The zero-order chi connectivity index (χ0) is 18.1. The Bertz CT molecular complexity index is 420. The van der Waals surface area contributed by atoms with E-state index in [2.05, 4.69) is 0 Å². The number of carboxylic acids is 1. The molecule has 0 spiro atoms. The zero-order valence-electron chi connectivity index (χ0n) is 14.8. The molecular formula is C18H29NO6. The Hall–Kier alpha value is -1.63. The Morgan fingerprint density at radius 1 is 0.720 bits per heavy atom. The lowest BCUT2D eigenvalue weighted by molar-refractivity contribution is -0.156. The van der Waals surface area contributed by atoms with Gasteiger partial charge in [0.05, 0.1) is 19.6 Å². The monoisotopic (exact) mass is 355 g/mol. The van der Waals surface area contributed by atoms with Crippen molar-refractivity contribution in [2.45, 2.75) is 76.4 Å². The fourth-order valence-corrected chi connectivity index (χ4v) is 3.54. The molecule has 7 nitrogen and oxygen atoms in total. The zero-order valence-corrected chi connectivity index (χ0v) is 14.8. The van der Waals surface area contributed by atoms with Crippen molar-refractivity contribution in [2.24, 2.45) is 0 Å². The number of hydrogen-bond donors (Lipinski definition) is 1. The van der Waals surface area contributed by atoms with Gasteiger partial charge in [-0.3, -0.25) is 19.3 Å². The normalized spacial score (nSPS) is 19.6. The van der Waals surface area contributed by atoms with Crippen molar-refractivity contribution >= 4 is 17.9 Å². The lowest BCUT2D eigenvalue weighted by Gasteiger charge is -2.25. The first kappa shape index (κ1) is 19.7. The molecule has 0 aromatic rings. The second-order valence-electron chi connectivity index (χ2n) is 7.04. The van der Waals surface area contributed by atoms with Crippen molar-refractivity contribution in [1.29, 1.82) is 0 Å². The van der Waals surface area contributed by atoms with Crippen molar-refractivity contribution in [3.05, 3.63) is 0 Å². The Labute approximate surface area is 148 Å². The van der Waals surface area contributed by atoms with Gasteiger partial charge in [-0.1, -0.05) is 12.8 Å². The van der Waals surface area contributed by atoms with E-state index in [1.165, 1.54) is 4.90 Å². The second-order valence-corrected chi connectivity index (χ2v) is 7.04. The number of rotatable bonds is 8. The molecule has 2 rings (SSSR count). The van der Waals surface area contributed by atoms with Crippen LogP contribution in [0.4, 0.5) is 0 Å². The van der Waals surface area contributed by atoms with E-state index in [0.29, 0.717) is 0 Å². The van der Waals surface area contributed by atoms with Crippen LogP contribution >= 0.6 is 0 Å². The SMILES string of the molecule is O=C(O)CN(CC(=O)OC1CCCCC1)CC(=O)OC1CCCCC1. The summed E-state index contributed by atoms with van der Waals surface area (Å²) in [6, 6.07) is 0. The van der Waals surface area contributed by atoms with Crippen LogP contribution < -0.4 is 0 Å². The van der Waals surface area contributed by atoms with Crippen LogP contribution in [0, 0.1) is 0 Å². The van der Waals surface area contributed by atoms with Gasteiger partial charge in [-0.25, -0.2) is 0 Å². The molecule has 0 bridgehead atoms. The lowest BCUT2D eigenvalue weighted by Crippen LogP contribution is -2.41. The maximum Gasteiger partial charge on any atom is 0.320 e. The maximum atomic E-state index is 12.1. The molecule has 142 valence electrons. The molecule has 0 saturated heterocycles. The van der Waals surface area contributed by atoms with Crippen molar-refractivity contribution in [3.8, 4) is 0 Å². The fourth-order valence-electron chi connectivity index (χ4n) is 3.54. The van der Waals surface area contributed by atoms with Crippen LogP contribution in [0.3, 0.4) is 0 Å². The van der Waals surface area contributed by atoms with Crippen LogP contribution in [0.2, 0.25) is 0 Å². The summed E-state index contributed by atoms with van der Waals surface area (Å²) in [6.07, 6.45) is 9.76. The molecule has 2 aliphatic rings. The topological polar surface area (TPSA) is 93.1 Å². The number of hydrogen-bond acceptors (Lipinski definition) is 6. The highest BCUT2D eigenvalue weighted by atomic mass is 16.5. The van der Waals surface area contributed by atoms with Gasteiger partial charge >= 0.3 is 17.9 Å². The van der Waals surface area contributed by atoms with E-state index in [9.17, 15) is 14.4 Å². The molecule has 0 aromatic heterocycles. The Morgan fingerprint density at radius 2 is 1.12 bits per heavy atom. The number of aliphatic carboxylic acids is 1. The number of carbonyl (C=O) groups excluding carboxylic acids is 2. The third-order valence-electron chi connectivity index (χ3n) is 4.76. The van der Waals surface area contributed by atoms with Crippen LogP contribution in [0.1, 0.15) is 64.2 Å². The van der Waals surface area contributed by atoms with Crippen LogP contribution in [0.5, 0.6) is 0 Å². The van der Waals surface area contributed by atoms with Gasteiger partial charge in [0.1, 0.15) is 12.2 Å². The van der Waals surface area contributed by atoms with Gasteiger partial charge in [-0.2, -0.15) is 0 Å². The molecule has 0 atom stereocenters. The molecule has 0 aliphatic heterocycles. The smallest absolute Gasteiger partial charge is 0.320 e. The minimum Gasteiger partial charge on any atom is -0.480 e. The highest BCUT2D eigenvalue weighted by Crippen LogP contribution is 2.21. The van der Waals surface area contributed by atoms with E-state index in [1.807, 2.05) is 0 Å². The van der Waals surface area contributed by atoms with Crippen LogP contribution in [-0.4, -0.2) is 59.8 Å². The predicted molar refractivity (Wildman–Crippen MR) is 90.0 cm³/mol. The van der Waals surface area contributed by atoms with Crippen molar-refractivity contribution in [1.82, 2.24) is 4.90 Å². The summed E-state index contributed by atoms with van der Waals surface area (Å²) in [5, 5.41) is 9.01. The summed E-state index contributed by atoms with van der Waals surface area (Å²) in [5.74, 6) is -2.03. The molecular weight excluding hydrogens is 326 g/mol. The van der Waals surface area contributed by atoms with E-state index in [-0.39, 0.29) is 31.8 Å². The molecule has 2 fully saturated rings. The lowest BCUT2D eigenvalue weighted by atomic mass is 9.98. The summed E-state index contributed by atoms with van der Waals surface area (Å²) in [6.45, 7) is -0.801. The molecule has 1 N–H and O–H groups in total. The molecule has 25 heavy (non-hydrogen) atoms. The largest absolute Gasteiger partial charge is 0.480 e. The standard InChI is InChI=1S/C18H29NO6/c20-16(21)11-19(12-17(22)24-14-7-3-1-4-8-14)13-18(23)25-15-9-5-2-6-10-15/h14-15H,1-13H2,(H,20,21). The molecule has 0 amide bonds. The highest BCUT2D eigenvalue weighted by molar-refractivity contribution is 5.77. The summed E-state index contributed by atoms with van der Waals surface area (Å²) in [4.78, 5) is 36.4. The van der Waals surface area contributed by atoms with Crippen molar-refractivity contribution in [2.75, 3.05) is 19.6 Å². The fraction of sp³-hybridized carbons (Fsp3) is 0.833. The van der Waals surface area contributed by atoms with Crippen molar-refractivity contribution in [3.63, 3.8) is 0 Å². The Morgan fingerprint density at radius 3 is 1.48 bits per heavy atom. The molecule has 0 aromatic carbocycles. The van der Waals surface area contributed by atoms with Crippen LogP contribution in [0.15, 0.2) is 0 Å². The van der Waals surface area contributed by atoms with Crippen molar-refractivity contribution < 1.29 is 29.0 Å². The molecule has 0 radical (unpaired) electrons. The van der Waals surface area contributed by atoms with Gasteiger partial charge in [0.25, 0.3) is 0 Å². The van der Waals surface area contributed by atoms with Gasteiger partial charge in [0, 0.05) is 0 Å². The van der Waals surface area contributed by atoms with E-state index in [4.69, 9.17) is 14.6 Å². The summed E-state index contributed by atoms with van der Waals surface area (Å²) >= 11 is 0. The number of carbonyl (C=O) groups is 3. The molecule has 2 saturated carbocycles. The molecule has 7 heteroatoms. The number of esters is 2. The highest BCUT2D eigenvalue weighted by Gasteiger charge is 2.24. The Balaban J connectivity index is 1.78. The number of ether oxygens (including phenoxy) is 2. The molecule has 0 heterocycles. The first-order chi connectivity index (χ1) is 12.0. The van der Waals surface area contributed by atoms with Gasteiger partial charge < -0.3 is 14.6 Å². The van der Waals surface area contributed by atoms with E-state index in [0.717, 1.165) is 64.2 Å². The summed E-state index contributed by atoms with van der Waals surface area (Å²) < 4.78 is 10.8. The van der Waals surface area contributed by atoms with Gasteiger partial charge in [0.15, 0.2) is 0 Å². The molecule has 2 aliphatic carbocycles. The first-order valence-corrected chi connectivity index (χ1v) is 9.36. The number of nitrogens with zero attached hydrogens (tertiary/aromatic N) is 1. The van der Waals surface area contributed by atoms with Crippen LogP contribution in [-0.2, 0) is 23.9 Å². The third kappa shape index (κ3) is 7.86. The van der Waals surface area contributed by atoms with Gasteiger partial charge in [-0.05, 0) is 51.4 Å². The van der Waals surface area contributed by atoms with E-state index in [1.54, 1.807) is 0 Å². The van der Waals surface area contributed by atoms with E-state index < -0.39 is 17.9 Å². The third-order valence-corrected chi connectivity index (χ3v) is 4.76. The number of carboxylic acid groups (broad SMARTS) is 1. The minimum absolute atomic E-state index is 0.0814. The Kier molecular flexibility index (Phi) is 8.18. The second kappa shape index (κ2) is 10.4. The maximum absolute atomic E-state index is 12.1. The minimum atomic E-state index is -1.09. The van der Waals surface area contributed by atoms with E-state index >= 15 is 0 Å². The quantitative estimate of drug-likeness (QED) is 0.667.